The van der Waals surface area contributed by atoms with Crippen LogP contribution in [0.3, 0.4) is 0 Å². The molecule has 27 heavy (non-hydrogen) atoms. The van der Waals surface area contributed by atoms with Gasteiger partial charge in [-0.2, -0.15) is 0 Å². The quantitative estimate of drug-likeness (QED) is 0.386. The number of benzene rings is 2. The Balaban J connectivity index is 1.68. The van der Waals surface area contributed by atoms with Gasteiger partial charge in [0, 0.05) is 12.1 Å². The van der Waals surface area contributed by atoms with Crippen molar-refractivity contribution in [1.82, 2.24) is 16.2 Å². The fraction of sp³-hybridized carbons (Fsp3) is 0.118. The molecule has 0 radical (unpaired) electrons. The zero-order chi connectivity index (χ0) is 19.6. The second-order valence-corrected chi connectivity index (χ2v) is 5.66. The Kier molecular flexibility index (Phi) is 7.20. The van der Waals surface area contributed by atoms with Gasteiger partial charge >= 0.3 is 0 Å². The normalized spacial score (nSPS) is 9.78. The summed E-state index contributed by atoms with van der Waals surface area (Å²) in [5.41, 5.74) is 5.55. The first-order chi connectivity index (χ1) is 12.9. The molecule has 2 amide bonds. The first kappa shape index (κ1) is 19.8. The van der Waals surface area contributed by atoms with E-state index in [1.807, 2.05) is 30.3 Å². The summed E-state index contributed by atoms with van der Waals surface area (Å²) in [4.78, 5) is 33.5. The molecule has 2 aromatic rings. The largest absolute Gasteiger partial charge is 0.484 e. The zero-order valence-electron chi connectivity index (χ0n) is 14.0. The lowest BCUT2D eigenvalue weighted by Gasteiger charge is -2.11. The first-order valence-electron chi connectivity index (χ1n) is 7.74. The molecule has 0 heterocycles. The second kappa shape index (κ2) is 9.82. The van der Waals surface area contributed by atoms with E-state index in [9.17, 15) is 19.7 Å². The summed E-state index contributed by atoms with van der Waals surface area (Å²) < 4.78 is 5.20. The molecule has 2 aromatic carbocycles. The van der Waals surface area contributed by atoms with E-state index >= 15 is 0 Å². The van der Waals surface area contributed by atoms with E-state index in [0.29, 0.717) is 5.75 Å². The number of thiocarbonyl (C=S) groups is 1. The third-order valence-electron chi connectivity index (χ3n) is 3.19. The third-order valence-corrected chi connectivity index (χ3v) is 3.40. The molecule has 0 unspecified atom stereocenters. The number of carbonyl (C=O) groups excluding carboxylic acids is 2. The predicted molar refractivity (Wildman–Crippen MR) is 101 cm³/mol. The maximum absolute atomic E-state index is 11.8. The van der Waals surface area contributed by atoms with Crippen LogP contribution in [0.15, 0.2) is 54.6 Å². The van der Waals surface area contributed by atoms with E-state index in [1.54, 1.807) is 0 Å². The molecule has 3 N–H and O–H groups in total. The third kappa shape index (κ3) is 7.08. The van der Waals surface area contributed by atoms with Crippen LogP contribution in [0, 0.1) is 10.1 Å². The van der Waals surface area contributed by atoms with Crippen LogP contribution in [-0.4, -0.2) is 28.5 Å². The van der Waals surface area contributed by atoms with Gasteiger partial charge in [0.05, 0.1) is 11.3 Å². The van der Waals surface area contributed by atoms with Gasteiger partial charge in [0.15, 0.2) is 11.7 Å². The van der Waals surface area contributed by atoms with Crippen molar-refractivity contribution in [2.75, 3.05) is 6.61 Å². The molecule has 10 heteroatoms. The SMILES string of the molecule is O=C(Cc1ccccc1)NNC(=S)NC(=O)COc1ccc([N+](=O)[O-])cc1. The van der Waals surface area contributed by atoms with E-state index in [2.05, 4.69) is 16.2 Å². The Morgan fingerprint density at radius 1 is 1.00 bits per heavy atom. The lowest BCUT2D eigenvalue weighted by atomic mass is 10.1. The number of hydrazine groups is 1. The molecule has 9 nitrogen and oxygen atoms in total. The number of ether oxygens (including phenoxy) is 1. The van der Waals surface area contributed by atoms with Crippen LogP contribution in [0.2, 0.25) is 0 Å². The van der Waals surface area contributed by atoms with Crippen LogP contribution in [0.1, 0.15) is 5.56 Å². The standard InChI is InChI=1S/C17H16N4O5S/c22-15(10-12-4-2-1-3-5-12)19-20-17(27)18-16(23)11-26-14-8-6-13(7-9-14)21(24)25/h1-9H,10-11H2,(H,19,22)(H2,18,20,23,27). The van der Waals surface area contributed by atoms with Gasteiger partial charge in [-0.25, -0.2) is 0 Å². The predicted octanol–water partition coefficient (Wildman–Crippen LogP) is 1.24. The van der Waals surface area contributed by atoms with Crippen molar-refractivity contribution in [3.05, 3.63) is 70.3 Å². The van der Waals surface area contributed by atoms with Crippen molar-refractivity contribution in [3.8, 4) is 5.75 Å². The number of nitrogens with one attached hydrogen (secondary N) is 3. The summed E-state index contributed by atoms with van der Waals surface area (Å²) in [5.74, 6) is -0.575. The number of rotatable bonds is 6. The highest BCUT2D eigenvalue weighted by Crippen LogP contribution is 2.16. The van der Waals surface area contributed by atoms with Crippen LogP contribution in [-0.2, 0) is 16.0 Å². The molecule has 0 aromatic heterocycles. The van der Waals surface area contributed by atoms with Crippen LogP contribution in [0.5, 0.6) is 5.75 Å². The smallest absolute Gasteiger partial charge is 0.269 e. The van der Waals surface area contributed by atoms with E-state index in [-0.39, 0.29) is 29.7 Å². The van der Waals surface area contributed by atoms with E-state index in [4.69, 9.17) is 17.0 Å². The Bertz CT molecular complexity index is 827. The highest BCUT2D eigenvalue weighted by molar-refractivity contribution is 7.80. The molecule has 0 bridgehead atoms. The van der Waals surface area contributed by atoms with Crippen molar-refractivity contribution in [3.63, 3.8) is 0 Å². The van der Waals surface area contributed by atoms with E-state index in [0.717, 1.165) is 5.56 Å². The van der Waals surface area contributed by atoms with Gasteiger partial charge in [0.1, 0.15) is 5.75 Å². The highest BCUT2D eigenvalue weighted by atomic mass is 32.1. The number of nitro groups is 1. The van der Waals surface area contributed by atoms with Gasteiger partial charge < -0.3 is 4.74 Å². The molecule has 0 spiro atoms. The first-order valence-corrected chi connectivity index (χ1v) is 8.14. The minimum atomic E-state index is -0.553. The van der Waals surface area contributed by atoms with Gasteiger partial charge in [-0.3, -0.25) is 35.9 Å². The summed E-state index contributed by atoms with van der Waals surface area (Å²) >= 11 is 4.90. The van der Waals surface area contributed by atoms with Crippen molar-refractivity contribution in [1.29, 1.82) is 0 Å². The fourth-order valence-electron chi connectivity index (χ4n) is 1.96. The molecule has 0 aliphatic heterocycles. The maximum Gasteiger partial charge on any atom is 0.269 e. The Morgan fingerprint density at radius 3 is 2.30 bits per heavy atom. The number of carbonyl (C=O) groups is 2. The summed E-state index contributed by atoms with van der Waals surface area (Å²) in [6.45, 7) is -0.350. The molecule has 0 saturated heterocycles. The van der Waals surface area contributed by atoms with Crippen molar-refractivity contribution < 1.29 is 19.2 Å². The van der Waals surface area contributed by atoms with Gasteiger partial charge in [0.2, 0.25) is 5.91 Å². The number of nitrogens with zero attached hydrogens (tertiary/aromatic N) is 1. The second-order valence-electron chi connectivity index (χ2n) is 5.25. The average molecular weight is 388 g/mol. The zero-order valence-corrected chi connectivity index (χ0v) is 14.8. The van der Waals surface area contributed by atoms with Crippen LogP contribution in [0.4, 0.5) is 5.69 Å². The number of hydrogen-bond donors (Lipinski definition) is 3. The molecule has 2 rings (SSSR count). The number of non-ortho nitro benzene ring substituents is 1. The Labute approximate surface area is 159 Å². The molecule has 0 fully saturated rings. The number of hydrogen-bond acceptors (Lipinski definition) is 6. The van der Waals surface area contributed by atoms with E-state index in [1.165, 1.54) is 24.3 Å². The summed E-state index contributed by atoms with van der Waals surface area (Å²) in [6.07, 6.45) is 0.160. The minimum Gasteiger partial charge on any atom is -0.484 e. The summed E-state index contributed by atoms with van der Waals surface area (Å²) in [6, 6.07) is 14.4. The average Bonchev–Trinajstić information content (AvgIpc) is 2.66. The van der Waals surface area contributed by atoms with Crippen LogP contribution in [0.25, 0.3) is 0 Å². The Hall–Kier alpha value is -3.53. The maximum atomic E-state index is 11.8. The van der Waals surface area contributed by atoms with Crippen molar-refractivity contribution in [2.45, 2.75) is 6.42 Å². The van der Waals surface area contributed by atoms with Crippen LogP contribution >= 0.6 is 12.2 Å². The van der Waals surface area contributed by atoms with E-state index < -0.39 is 10.8 Å². The van der Waals surface area contributed by atoms with Gasteiger partial charge in [0.25, 0.3) is 11.6 Å². The van der Waals surface area contributed by atoms with Gasteiger partial charge in [-0.15, -0.1) is 0 Å². The molecular weight excluding hydrogens is 372 g/mol. The molecular formula is C17H16N4O5S. The lowest BCUT2D eigenvalue weighted by molar-refractivity contribution is -0.384. The monoisotopic (exact) mass is 388 g/mol. The topological polar surface area (TPSA) is 123 Å². The highest BCUT2D eigenvalue weighted by Gasteiger charge is 2.09. The van der Waals surface area contributed by atoms with Crippen LogP contribution < -0.4 is 20.9 Å². The summed E-state index contributed by atoms with van der Waals surface area (Å²) in [7, 11) is 0. The van der Waals surface area contributed by atoms with Gasteiger partial charge in [-0.1, -0.05) is 30.3 Å². The molecule has 0 aliphatic carbocycles. The Morgan fingerprint density at radius 2 is 1.67 bits per heavy atom. The lowest BCUT2D eigenvalue weighted by Crippen LogP contribution is -2.49. The fourth-order valence-corrected chi connectivity index (χ4v) is 2.12. The minimum absolute atomic E-state index is 0.0802. The molecule has 140 valence electrons. The number of amides is 2. The van der Waals surface area contributed by atoms with Gasteiger partial charge in [-0.05, 0) is 29.9 Å². The number of nitro benzene ring substituents is 1. The van der Waals surface area contributed by atoms with Crippen molar-refractivity contribution in [2.24, 2.45) is 0 Å². The molecule has 0 atom stereocenters. The molecule has 0 saturated carbocycles. The van der Waals surface area contributed by atoms with Crippen molar-refractivity contribution >= 4 is 34.8 Å². The molecule has 0 aliphatic rings. The summed E-state index contributed by atoms with van der Waals surface area (Å²) in [5, 5.41) is 12.8.